The van der Waals surface area contributed by atoms with Crippen LogP contribution >= 0.6 is 0 Å². The minimum atomic E-state index is 0.326. The summed E-state index contributed by atoms with van der Waals surface area (Å²) in [5.41, 5.74) is 0.326. The number of nitrogens with zero attached hydrogens (tertiary/aromatic N) is 1. The van der Waals surface area contributed by atoms with Crippen LogP contribution in [0.25, 0.3) is 0 Å². The summed E-state index contributed by atoms with van der Waals surface area (Å²) in [6.45, 7) is 9.29. The van der Waals surface area contributed by atoms with Crippen molar-refractivity contribution in [3.05, 3.63) is 0 Å². The van der Waals surface area contributed by atoms with Crippen LogP contribution in [0, 0.1) is 5.41 Å². The number of rotatable bonds is 5. The SMILES string of the molecule is CC1COCCN1CC1(CNC2CC2)CCCOC1. The lowest BCUT2D eigenvalue weighted by molar-refractivity contribution is -0.0623. The molecule has 3 fully saturated rings. The molecule has 110 valence electrons. The van der Waals surface area contributed by atoms with E-state index in [0.29, 0.717) is 11.5 Å². The van der Waals surface area contributed by atoms with Crippen LogP contribution in [0.15, 0.2) is 0 Å². The van der Waals surface area contributed by atoms with Gasteiger partial charge in [0.1, 0.15) is 0 Å². The van der Waals surface area contributed by atoms with E-state index in [1.54, 1.807) is 0 Å². The van der Waals surface area contributed by atoms with Crippen LogP contribution in [-0.4, -0.2) is 63.0 Å². The van der Waals surface area contributed by atoms with Gasteiger partial charge in [-0.3, -0.25) is 4.90 Å². The smallest absolute Gasteiger partial charge is 0.0619 e. The van der Waals surface area contributed by atoms with Crippen LogP contribution in [-0.2, 0) is 9.47 Å². The van der Waals surface area contributed by atoms with E-state index in [1.807, 2.05) is 0 Å². The molecule has 0 bridgehead atoms. The van der Waals surface area contributed by atoms with Crippen molar-refractivity contribution in [2.45, 2.75) is 44.7 Å². The van der Waals surface area contributed by atoms with Crippen molar-refractivity contribution in [2.75, 3.05) is 46.1 Å². The maximum atomic E-state index is 5.82. The zero-order valence-corrected chi connectivity index (χ0v) is 12.2. The molecule has 19 heavy (non-hydrogen) atoms. The summed E-state index contributed by atoms with van der Waals surface area (Å²) < 4.78 is 11.4. The molecule has 2 unspecified atom stereocenters. The van der Waals surface area contributed by atoms with Gasteiger partial charge in [0.2, 0.25) is 0 Å². The highest BCUT2D eigenvalue weighted by Crippen LogP contribution is 2.31. The first kappa shape index (κ1) is 13.8. The van der Waals surface area contributed by atoms with Crippen LogP contribution in [0.2, 0.25) is 0 Å². The summed E-state index contributed by atoms with van der Waals surface area (Å²) in [4.78, 5) is 2.60. The van der Waals surface area contributed by atoms with Gasteiger partial charge < -0.3 is 14.8 Å². The van der Waals surface area contributed by atoms with Gasteiger partial charge in [0, 0.05) is 43.7 Å². The molecule has 4 heteroatoms. The lowest BCUT2D eigenvalue weighted by Crippen LogP contribution is -2.54. The fourth-order valence-corrected chi connectivity index (χ4v) is 3.31. The predicted molar refractivity (Wildman–Crippen MR) is 75.4 cm³/mol. The molecule has 3 rings (SSSR count). The van der Waals surface area contributed by atoms with E-state index in [4.69, 9.17) is 9.47 Å². The first-order valence-electron chi connectivity index (χ1n) is 7.90. The van der Waals surface area contributed by atoms with Gasteiger partial charge in [0.05, 0.1) is 19.8 Å². The Balaban J connectivity index is 1.59. The fourth-order valence-electron chi connectivity index (χ4n) is 3.31. The number of hydrogen-bond acceptors (Lipinski definition) is 4. The Bertz CT molecular complexity index is 288. The molecule has 3 aliphatic rings. The van der Waals surface area contributed by atoms with E-state index >= 15 is 0 Å². The molecule has 0 amide bonds. The van der Waals surface area contributed by atoms with Crippen LogP contribution in [0.4, 0.5) is 0 Å². The summed E-state index contributed by atoms with van der Waals surface area (Å²) in [5.74, 6) is 0. The zero-order chi connectivity index (χ0) is 13.1. The molecule has 4 nitrogen and oxygen atoms in total. The molecule has 0 aromatic carbocycles. The average Bonchev–Trinajstić information content (AvgIpc) is 3.25. The van der Waals surface area contributed by atoms with Crippen molar-refractivity contribution < 1.29 is 9.47 Å². The minimum Gasteiger partial charge on any atom is -0.381 e. The Labute approximate surface area is 116 Å². The first-order chi connectivity index (χ1) is 9.27. The van der Waals surface area contributed by atoms with Crippen LogP contribution < -0.4 is 5.32 Å². The number of nitrogens with one attached hydrogen (secondary N) is 1. The third-order valence-electron chi connectivity index (χ3n) is 4.79. The summed E-state index contributed by atoms with van der Waals surface area (Å²) in [6.07, 6.45) is 5.25. The van der Waals surface area contributed by atoms with Gasteiger partial charge in [-0.05, 0) is 32.6 Å². The van der Waals surface area contributed by atoms with E-state index in [0.717, 1.165) is 52.1 Å². The van der Waals surface area contributed by atoms with Crippen molar-refractivity contribution in [3.8, 4) is 0 Å². The van der Waals surface area contributed by atoms with Gasteiger partial charge >= 0.3 is 0 Å². The molecule has 0 aromatic rings. The zero-order valence-electron chi connectivity index (χ0n) is 12.2. The van der Waals surface area contributed by atoms with Gasteiger partial charge in [-0.1, -0.05) is 0 Å². The fraction of sp³-hybridized carbons (Fsp3) is 1.00. The quantitative estimate of drug-likeness (QED) is 0.814. The van der Waals surface area contributed by atoms with E-state index in [2.05, 4.69) is 17.1 Å². The molecule has 2 atom stereocenters. The highest BCUT2D eigenvalue weighted by Gasteiger charge is 2.37. The monoisotopic (exact) mass is 268 g/mol. The first-order valence-corrected chi connectivity index (χ1v) is 7.90. The molecule has 2 heterocycles. The average molecular weight is 268 g/mol. The summed E-state index contributed by atoms with van der Waals surface area (Å²) >= 11 is 0. The second-order valence-electron chi connectivity index (χ2n) is 6.71. The lowest BCUT2D eigenvalue weighted by Gasteiger charge is -2.44. The Morgan fingerprint density at radius 3 is 2.84 bits per heavy atom. The van der Waals surface area contributed by atoms with Crippen molar-refractivity contribution in [1.29, 1.82) is 0 Å². The third kappa shape index (κ3) is 3.69. The van der Waals surface area contributed by atoms with Gasteiger partial charge in [-0.2, -0.15) is 0 Å². The largest absolute Gasteiger partial charge is 0.381 e. The van der Waals surface area contributed by atoms with E-state index in [9.17, 15) is 0 Å². The predicted octanol–water partition coefficient (Wildman–Crippen LogP) is 1.26. The van der Waals surface area contributed by atoms with Gasteiger partial charge in [0.15, 0.2) is 0 Å². The molecular weight excluding hydrogens is 240 g/mol. The summed E-state index contributed by atoms with van der Waals surface area (Å²) in [6, 6.07) is 1.34. The molecule has 1 saturated carbocycles. The number of morpholine rings is 1. The van der Waals surface area contributed by atoms with Crippen LogP contribution in [0.1, 0.15) is 32.6 Å². The number of hydrogen-bond donors (Lipinski definition) is 1. The Hall–Kier alpha value is -0.160. The molecule has 1 N–H and O–H groups in total. The molecule has 2 aliphatic heterocycles. The second kappa shape index (κ2) is 6.08. The molecule has 2 saturated heterocycles. The van der Waals surface area contributed by atoms with Crippen LogP contribution in [0.3, 0.4) is 0 Å². The maximum Gasteiger partial charge on any atom is 0.0619 e. The topological polar surface area (TPSA) is 33.7 Å². The van der Waals surface area contributed by atoms with Gasteiger partial charge in [-0.15, -0.1) is 0 Å². The van der Waals surface area contributed by atoms with E-state index in [-0.39, 0.29) is 0 Å². The Morgan fingerprint density at radius 1 is 1.26 bits per heavy atom. The van der Waals surface area contributed by atoms with Crippen molar-refractivity contribution in [1.82, 2.24) is 10.2 Å². The highest BCUT2D eigenvalue weighted by atomic mass is 16.5. The Morgan fingerprint density at radius 2 is 2.16 bits per heavy atom. The van der Waals surface area contributed by atoms with Crippen LogP contribution in [0.5, 0.6) is 0 Å². The Kier molecular flexibility index (Phi) is 4.42. The van der Waals surface area contributed by atoms with E-state index in [1.165, 1.54) is 25.7 Å². The van der Waals surface area contributed by atoms with E-state index < -0.39 is 0 Å². The standard InChI is InChI=1S/C15H28N2O2/c1-13-9-18-8-6-17(13)11-15(5-2-7-19-12-15)10-16-14-3-4-14/h13-14,16H,2-12H2,1H3. The molecular formula is C15H28N2O2. The second-order valence-corrected chi connectivity index (χ2v) is 6.71. The molecule has 0 radical (unpaired) electrons. The molecule has 0 spiro atoms. The third-order valence-corrected chi connectivity index (χ3v) is 4.79. The van der Waals surface area contributed by atoms with Gasteiger partial charge in [-0.25, -0.2) is 0 Å². The van der Waals surface area contributed by atoms with Crippen molar-refractivity contribution in [2.24, 2.45) is 5.41 Å². The van der Waals surface area contributed by atoms with Crippen molar-refractivity contribution in [3.63, 3.8) is 0 Å². The van der Waals surface area contributed by atoms with Gasteiger partial charge in [0.25, 0.3) is 0 Å². The normalized spacial score (nSPS) is 37.4. The minimum absolute atomic E-state index is 0.326. The number of ether oxygens (including phenoxy) is 2. The molecule has 0 aromatic heterocycles. The maximum absolute atomic E-state index is 5.82. The summed E-state index contributed by atoms with van der Waals surface area (Å²) in [5, 5.41) is 3.73. The molecule has 1 aliphatic carbocycles. The highest BCUT2D eigenvalue weighted by molar-refractivity contribution is 4.92. The van der Waals surface area contributed by atoms with Crippen molar-refractivity contribution >= 4 is 0 Å². The summed E-state index contributed by atoms with van der Waals surface area (Å²) in [7, 11) is 0. The lowest BCUT2D eigenvalue weighted by atomic mass is 9.81.